The molecular formula is C29H47N3O4. The molecule has 0 aliphatic heterocycles. The Balaban J connectivity index is 2.39. The summed E-state index contributed by atoms with van der Waals surface area (Å²) < 4.78 is 5.44. The number of rotatable bonds is 11. The maximum absolute atomic E-state index is 14.1. The van der Waals surface area contributed by atoms with Crippen molar-refractivity contribution in [2.75, 3.05) is 6.54 Å². The molecule has 0 radical (unpaired) electrons. The van der Waals surface area contributed by atoms with Crippen LogP contribution in [0.5, 0.6) is 0 Å². The normalized spacial score (nSPS) is 16.2. The Kier molecular flexibility index (Phi) is 11.7. The molecule has 1 fully saturated rings. The third-order valence-electron chi connectivity index (χ3n) is 6.52. The van der Waals surface area contributed by atoms with Crippen molar-refractivity contribution >= 4 is 17.9 Å². The molecule has 2 unspecified atom stereocenters. The molecule has 202 valence electrons. The summed E-state index contributed by atoms with van der Waals surface area (Å²) in [7, 11) is 0. The number of amides is 3. The first-order valence-corrected chi connectivity index (χ1v) is 13.7. The highest BCUT2D eigenvalue weighted by atomic mass is 16.6. The maximum atomic E-state index is 14.1. The lowest BCUT2D eigenvalue weighted by molar-refractivity contribution is -0.143. The molecule has 0 aromatic heterocycles. The van der Waals surface area contributed by atoms with Gasteiger partial charge in [0, 0.05) is 12.6 Å². The first-order chi connectivity index (χ1) is 17.0. The Hall–Kier alpha value is -2.57. The van der Waals surface area contributed by atoms with E-state index in [0.717, 1.165) is 50.5 Å². The van der Waals surface area contributed by atoms with Crippen LogP contribution in [0.4, 0.5) is 4.79 Å². The molecule has 1 aliphatic rings. The smallest absolute Gasteiger partial charge is 0.408 e. The first kappa shape index (κ1) is 29.7. The van der Waals surface area contributed by atoms with Gasteiger partial charge in [-0.25, -0.2) is 4.79 Å². The largest absolute Gasteiger partial charge is 0.444 e. The lowest BCUT2D eigenvalue weighted by Crippen LogP contribution is -2.55. The molecule has 0 heterocycles. The van der Waals surface area contributed by atoms with Gasteiger partial charge in [0.15, 0.2) is 0 Å². The van der Waals surface area contributed by atoms with Gasteiger partial charge in [0.25, 0.3) is 0 Å². The van der Waals surface area contributed by atoms with E-state index in [4.69, 9.17) is 4.74 Å². The van der Waals surface area contributed by atoms with E-state index in [-0.39, 0.29) is 23.8 Å². The van der Waals surface area contributed by atoms with Crippen molar-refractivity contribution in [3.63, 3.8) is 0 Å². The van der Waals surface area contributed by atoms with Crippen LogP contribution in [0.3, 0.4) is 0 Å². The lowest BCUT2D eigenvalue weighted by atomic mass is 9.94. The molecule has 0 spiro atoms. The molecule has 7 heteroatoms. The van der Waals surface area contributed by atoms with Gasteiger partial charge in [0.1, 0.15) is 17.7 Å². The molecule has 1 aliphatic carbocycles. The van der Waals surface area contributed by atoms with Crippen molar-refractivity contribution in [1.29, 1.82) is 0 Å². The van der Waals surface area contributed by atoms with Crippen molar-refractivity contribution in [3.8, 4) is 0 Å². The number of carbonyl (C=O) groups excluding carboxylic acids is 3. The number of hydrogen-bond acceptors (Lipinski definition) is 4. The van der Waals surface area contributed by atoms with Gasteiger partial charge in [0.05, 0.1) is 0 Å². The zero-order chi connectivity index (χ0) is 26.7. The summed E-state index contributed by atoms with van der Waals surface area (Å²) in [4.78, 5) is 42.1. The number of alkyl carbamates (subject to hydrolysis) is 1. The summed E-state index contributed by atoms with van der Waals surface area (Å²) in [5.41, 5.74) is 0.0949. The van der Waals surface area contributed by atoms with Crippen molar-refractivity contribution in [2.24, 2.45) is 5.92 Å². The Morgan fingerprint density at radius 3 is 2.22 bits per heavy atom. The van der Waals surface area contributed by atoms with Gasteiger partial charge in [0.2, 0.25) is 11.8 Å². The number of carbonyl (C=O) groups is 3. The minimum Gasteiger partial charge on any atom is -0.444 e. The first-order valence-electron chi connectivity index (χ1n) is 13.7. The minimum absolute atomic E-state index is 0.130. The van der Waals surface area contributed by atoms with Gasteiger partial charge < -0.3 is 20.3 Å². The number of unbranched alkanes of at least 4 members (excludes halogenated alkanes) is 2. The van der Waals surface area contributed by atoms with Crippen LogP contribution in [0, 0.1) is 5.92 Å². The molecule has 2 atom stereocenters. The summed E-state index contributed by atoms with van der Waals surface area (Å²) >= 11 is 0. The van der Waals surface area contributed by atoms with Crippen LogP contribution in [0.15, 0.2) is 30.3 Å². The van der Waals surface area contributed by atoms with Crippen LogP contribution in [0.1, 0.15) is 105 Å². The molecule has 3 amide bonds. The summed E-state index contributed by atoms with van der Waals surface area (Å²) in [6.07, 6.45) is 7.42. The van der Waals surface area contributed by atoms with E-state index < -0.39 is 23.8 Å². The summed E-state index contributed by atoms with van der Waals surface area (Å²) in [6, 6.07) is 8.05. The number of nitrogens with one attached hydrogen (secondary N) is 2. The predicted octanol–water partition coefficient (Wildman–Crippen LogP) is 5.74. The van der Waals surface area contributed by atoms with E-state index >= 15 is 0 Å². The summed E-state index contributed by atoms with van der Waals surface area (Å²) in [5.74, 6) is -0.603. The highest BCUT2D eigenvalue weighted by molar-refractivity contribution is 5.92. The van der Waals surface area contributed by atoms with E-state index in [1.54, 1.807) is 25.7 Å². The summed E-state index contributed by atoms with van der Waals surface area (Å²) in [5, 5.41) is 6.02. The number of nitrogens with zero attached hydrogens (tertiary/aromatic N) is 1. The van der Waals surface area contributed by atoms with Gasteiger partial charge in [-0.2, -0.15) is 0 Å². The average molecular weight is 502 g/mol. The van der Waals surface area contributed by atoms with Crippen molar-refractivity contribution in [1.82, 2.24) is 15.5 Å². The van der Waals surface area contributed by atoms with E-state index in [2.05, 4.69) is 17.6 Å². The van der Waals surface area contributed by atoms with E-state index in [1.807, 2.05) is 44.2 Å². The monoisotopic (exact) mass is 501 g/mol. The van der Waals surface area contributed by atoms with Crippen molar-refractivity contribution in [3.05, 3.63) is 35.9 Å². The Morgan fingerprint density at radius 2 is 1.67 bits per heavy atom. The molecule has 0 bridgehead atoms. The minimum atomic E-state index is -0.810. The second-order valence-electron chi connectivity index (χ2n) is 11.3. The van der Waals surface area contributed by atoms with Crippen LogP contribution in [0.25, 0.3) is 0 Å². The highest BCUT2D eigenvalue weighted by Crippen LogP contribution is 2.26. The van der Waals surface area contributed by atoms with Gasteiger partial charge in [-0.05, 0) is 51.5 Å². The quantitative estimate of drug-likeness (QED) is 0.378. The van der Waals surface area contributed by atoms with Gasteiger partial charge in [-0.1, -0.05) is 83.2 Å². The molecule has 2 rings (SSSR count). The van der Waals surface area contributed by atoms with Crippen LogP contribution < -0.4 is 10.6 Å². The lowest BCUT2D eigenvalue weighted by Gasteiger charge is -2.36. The van der Waals surface area contributed by atoms with E-state index in [0.29, 0.717) is 6.54 Å². The standard InChI is InChI=1S/C29H47N3O4/c1-7-8-15-20-32(27(34)24(21(2)3)31-28(35)36-29(4,5)6)25(22-16-11-9-12-17-22)26(33)30-23-18-13-10-14-19-23/h9,11-12,16-17,21,23-25H,7-8,10,13-15,18-20H2,1-6H3,(H,30,33)(H,31,35). The van der Waals surface area contributed by atoms with Crippen LogP contribution >= 0.6 is 0 Å². The Morgan fingerprint density at radius 1 is 1.03 bits per heavy atom. The Bertz CT molecular complexity index is 829. The fourth-order valence-corrected chi connectivity index (χ4v) is 4.66. The van der Waals surface area contributed by atoms with E-state index in [1.165, 1.54) is 6.42 Å². The molecule has 1 aromatic rings. The zero-order valence-electron chi connectivity index (χ0n) is 23.1. The van der Waals surface area contributed by atoms with Gasteiger partial charge in [-0.15, -0.1) is 0 Å². The fraction of sp³-hybridized carbons (Fsp3) is 0.690. The zero-order valence-corrected chi connectivity index (χ0v) is 23.1. The Labute approximate surface area is 217 Å². The third kappa shape index (κ3) is 9.47. The molecule has 36 heavy (non-hydrogen) atoms. The number of benzene rings is 1. The highest BCUT2D eigenvalue weighted by Gasteiger charge is 2.37. The predicted molar refractivity (Wildman–Crippen MR) is 143 cm³/mol. The average Bonchev–Trinajstić information content (AvgIpc) is 2.81. The van der Waals surface area contributed by atoms with Gasteiger partial charge in [-0.3, -0.25) is 9.59 Å². The summed E-state index contributed by atoms with van der Waals surface area (Å²) in [6.45, 7) is 11.7. The molecule has 0 saturated heterocycles. The van der Waals surface area contributed by atoms with E-state index in [9.17, 15) is 14.4 Å². The topological polar surface area (TPSA) is 87.7 Å². The molecule has 1 aromatic carbocycles. The maximum Gasteiger partial charge on any atom is 0.408 e. The fourth-order valence-electron chi connectivity index (χ4n) is 4.66. The van der Waals surface area contributed by atoms with Crippen molar-refractivity contribution in [2.45, 2.75) is 117 Å². The van der Waals surface area contributed by atoms with Crippen LogP contribution in [-0.2, 0) is 14.3 Å². The molecular weight excluding hydrogens is 454 g/mol. The number of ether oxygens (including phenoxy) is 1. The van der Waals surface area contributed by atoms with Crippen LogP contribution in [-0.4, -0.2) is 47.0 Å². The second-order valence-corrected chi connectivity index (χ2v) is 11.3. The SMILES string of the molecule is CCCCCN(C(=O)C(NC(=O)OC(C)(C)C)C(C)C)C(C(=O)NC1CCCCC1)c1ccccc1. The third-order valence-corrected chi connectivity index (χ3v) is 6.52. The van der Waals surface area contributed by atoms with Crippen LogP contribution in [0.2, 0.25) is 0 Å². The molecule has 2 N–H and O–H groups in total. The molecule has 1 saturated carbocycles. The van der Waals surface area contributed by atoms with Gasteiger partial charge >= 0.3 is 6.09 Å². The second kappa shape index (κ2) is 14.2. The van der Waals surface area contributed by atoms with Crippen molar-refractivity contribution < 1.29 is 19.1 Å². The molecule has 7 nitrogen and oxygen atoms in total. The number of hydrogen-bond donors (Lipinski definition) is 2.